The first kappa shape index (κ1) is 20.2. The molecule has 0 saturated carbocycles. The third-order valence-corrected chi connectivity index (χ3v) is 4.83. The van der Waals surface area contributed by atoms with E-state index in [1.807, 2.05) is 0 Å². The Morgan fingerprint density at radius 1 is 1.06 bits per heavy atom. The van der Waals surface area contributed by atoms with Crippen LogP contribution in [0.5, 0.6) is 11.5 Å². The number of carbonyl (C=O) groups is 2. The summed E-state index contributed by atoms with van der Waals surface area (Å²) in [6.07, 6.45) is 0. The molecule has 1 aliphatic heterocycles. The SMILES string of the molecule is O=C(CSc1nnc(-c2ccc3c(c2)OCO3)o1)NNC(=O)c1ccc([N+](=O)[O-])cc1. The summed E-state index contributed by atoms with van der Waals surface area (Å²) in [4.78, 5) is 34.0. The highest BCUT2D eigenvalue weighted by molar-refractivity contribution is 7.99. The molecule has 2 heterocycles. The Hall–Kier alpha value is -4.13. The van der Waals surface area contributed by atoms with Gasteiger partial charge >= 0.3 is 0 Å². The van der Waals surface area contributed by atoms with Crippen molar-refractivity contribution >= 4 is 29.3 Å². The molecule has 0 radical (unpaired) electrons. The number of non-ortho nitro benzene ring substituents is 1. The summed E-state index contributed by atoms with van der Waals surface area (Å²) < 4.78 is 16.1. The van der Waals surface area contributed by atoms with Crippen LogP contribution in [0.4, 0.5) is 5.69 Å². The predicted molar refractivity (Wildman–Crippen MR) is 105 cm³/mol. The molecule has 2 amide bonds. The minimum Gasteiger partial charge on any atom is -0.454 e. The summed E-state index contributed by atoms with van der Waals surface area (Å²) in [5, 5.41) is 18.6. The van der Waals surface area contributed by atoms with Crippen molar-refractivity contribution in [3.8, 4) is 23.0 Å². The van der Waals surface area contributed by atoms with Crippen LogP contribution in [0.2, 0.25) is 0 Å². The van der Waals surface area contributed by atoms with Gasteiger partial charge in [-0.1, -0.05) is 11.8 Å². The van der Waals surface area contributed by atoms with E-state index < -0.39 is 16.7 Å². The average molecular weight is 443 g/mol. The van der Waals surface area contributed by atoms with Gasteiger partial charge in [0.2, 0.25) is 18.6 Å². The number of thioether (sulfide) groups is 1. The van der Waals surface area contributed by atoms with E-state index in [9.17, 15) is 19.7 Å². The molecule has 0 atom stereocenters. The van der Waals surface area contributed by atoms with E-state index in [1.165, 1.54) is 24.3 Å². The van der Waals surface area contributed by atoms with E-state index in [4.69, 9.17) is 13.9 Å². The van der Waals surface area contributed by atoms with Crippen LogP contribution in [0, 0.1) is 10.1 Å². The molecule has 4 rings (SSSR count). The molecule has 0 bridgehead atoms. The Morgan fingerprint density at radius 2 is 1.84 bits per heavy atom. The fourth-order valence-corrected chi connectivity index (χ4v) is 3.07. The van der Waals surface area contributed by atoms with Crippen LogP contribution in [0.25, 0.3) is 11.5 Å². The van der Waals surface area contributed by atoms with E-state index >= 15 is 0 Å². The van der Waals surface area contributed by atoms with Crippen LogP contribution in [0.3, 0.4) is 0 Å². The number of ether oxygens (including phenoxy) is 2. The lowest BCUT2D eigenvalue weighted by molar-refractivity contribution is -0.384. The van der Waals surface area contributed by atoms with Gasteiger partial charge in [-0.2, -0.15) is 0 Å². The van der Waals surface area contributed by atoms with Crippen molar-refractivity contribution in [2.45, 2.75) is 5.22 Å². The van der Waals surface area contributed by atoms with Gasteiger partial charge in [-0.15, -0.1) is 10.2 Å². The Labute approximate surface area is 178 Å². The van der Waals surface area contributed by atoms with E-state index in [1.54, 1.807) is 18.2 Å². The van der Waals surface area contributed by atoms with Gasteiger partial charge in [0.05, 0.1) is 10.7 Å². The summed E-state index contributed by atoms with van der Waals surface area (Å²) in [5.41, 5.74) is 5.12. The lowest BCUT2D eigenvalue weighted by Gasteiger charge is -2.06. The Balaban J connectivity index is 1.26. The maximum Gasteiger partial charge on any atom is 0.277 e. The van der Waals surface area contributed by atoms with E-state index in [0.29, 0.717) is 17.1 Å². The number of benzene rings is 2. The quantitative estimate of drug-likeness (QED) is 0.327. The van der Waals surface area contributed by atoms with Gasteiger partial charge in [0.1, 0.15) is 0 Å². The van der Waals surface area contributed by atoms with Gasteiger partial charge in [0.15, 0.2) is 11.5 Å². The van der Waals surface area contributed by atoms with Gasteiger partial charge in [0.25, 0.3) is 16.8 Å². The fraction of sp³-hybridized carbons (Fsp3) is 0.111. The summed E-state index contributed by atoms with van der Waals surface area (Å²) in [6, 6.07) is 10.1. The number of hydrogen-bond donors (Lipinski definition) is 2. The minimum absolute atomic E-state index is 0.0939. The molecule has 12 nitrogen and oxygen atoms in total. The second kappa shape index (κ2) is 8.71. The van der Waals surface area contributed by atoms with Gasteiger partial charge in [-0.25, -0.2) is 0 Å². The Bertz CT molecular complexity index is 1150. The second-order valence-electron chi connectivity index (χ2n) is 6.04. The first-order valence-corrected chi connectivity index (χ1v) is 9.68. The molecule has 2 aromatic carbocycles. The monoisotopic (exact) mass is 443 g/mol. The molecule has 13 heteroatoms. The van der Waals surface area contributed by atoms with E-state index in [-0.39, 0.29) is 34.9 Å². The maximum atomic E-state index is 12.0. The van der Waals surface area contributed by atoms with Crippen LogP contribution in [0.15, 0.2) is 52.1 Å². The number of nitro groups is 1. The minimum atomic E-state index is -0.615. The van der Waals surface area contributed by atoms with Crippen LogP contribution in [-0.4, -0.2) is 39.5 Å². The predicted octanol–water partition coefficient (Wildman–Crippen LogP) is 1.93. The number of nitrogens with zero attached hydrogens (tertiary/aromatic N) is 3. The van der Waals surface area contributed by atoms with Gasteiger partial charge in [-0.05, 0) is 30.3 Å². The normalized spacial score (nSPS) is 11.7. The fourth-order valence-electron chi connectivity index (χ4n) is 2.51. The topological polar surface area (TPSA) is 159 Å². The number of rotatable bonds is 6. The lowest BCUT2D eigenvalue weighted by Crippen LogP contribution is -2.42. The third-order valence-electron chi connectivity index (χ3n) is 4.01. The number of amides is 2. The van der Waals surface area contributed by atoms with Crippen LogP contribution in [-0.2, 0) is 4.79 Å². The zero-order chi connectivity index (χ0) is 21.8. The van der Waals surface area contributed by atoms with Crippen molar-refractivity contribution in [2.75, 3.05) is 12.5 Å². The lowest BCUT2D eigenvalue weighted by atomic mass is 10.2. The van der Waals surface area contributed by atoms with Gasteiger partial charge in [0, 0.05) is 23.3 Å². The van der Waals surface area contributed by atoms with E-state index in [0.717, 1.165) is 11.8 Å². The first-order chi connectivity index (χ1) is 15.0. The van der Waals surface area contributed by atoms with Crippen LogP contribution in [0.1, 0.15) is 10.4 Å². The highest BCUT2D eigenvalue weighted by atomic mass is 32.2. The number of aromatic nitrogens is 2. The largest absolute Gasteiger partial charge is 0.454 e. The Morgan fingerprint density at radius 3 is 2.61 bits per heavy atom. The van der Waals surface area contributed by atoms with Crippen LogP contribution < -0.4 is 20.3 Å². The Kier molecular flexibility index (Phi) is 5.66. The first-order valence-electron chi connectivity index (χ1n) is 8.69. The average Bonchev–Trinajstić information content (AvgIpc) is 3.45. The molecule has 158 valence electrons. The molecule has 0 aliphatic carbocycles. The number of carbonyl (C=O) groups excluding carboxylic acids is 2. The third kappa shape index (κ3) is 4.72. The van der Waals surface area contributed by atoms with Crippen LogP contribution >= 0.6 is 11.8 Å². The standard InChI is InChI=1S/C18H13N5O7S/c24-15(19-20-16(25)10-1-4-12(5-2-10)23(26)27)8-31-18-22-21-17(30-18)11-3-6-13-14(7-11)29-9-28-13/h1-7H,8-9H2,(H,19,24)(H,20,25). The molecular formula is C18H13N5O7S. The molecule has 1 aromatic heterocycles. The smallest absolute Gasteiger partial charge is 0.277 e. The summed E-state index contributed by atoms with van der Waals surface area (Å²) in [5.74, 6) is 0.244. The molecule has 2 N–H and O–H groups in total. The zero-order valence-electron chi connectivity index (χ0n) is 15.6. The summed E-state index contributed by atoms with van der Waals surface area (Å²) in [6.45, 7) is 0.152. The molecule has 0 saturated heterocycles. The number of hydrogen-bond acceptors (Lipinski definition) is 10. The highest BCUT2D eigenvalue weighted by Crippen LogP contribution is 2.35. The van der Waals surface area contributed by atoms with Crippen molar-refractivity contribution in [2.24, 2.45) is 0 Å². The summed E-state index contributed by atoms with van der Waals surface area (Å²) in [7, 11) is 0. The van der Waals surface area contributed by atoms with Crippen molar-refractivity contribution < 1.29 is 28.4 Å². The van der Waals surface area contributed by atoms with Crippen molar-refractivity contribution in [3.63, 3.8) is 0 Å². The van der Waals surface area contributed by atoms with Crippen molar-refractivity contribution in [1.82, 2.24) is 21.0 Å². The second-order valence-corrected chi connectivity index (χ2v) is 6.96. The molecule has 1 aliphatic rings. The van der Waals surface area contributed by atoms with Crippen molar-refractivity contribution in [1.29, 1.82) is 0 Å². The zero-order valence-corrected chi connectivity index (χ0v) is 16.4. The molecule has 0 unspecified atom stereocenters. The molecular weight excluding hydrogens is 430 g/mol. The highest BCUT2D eigenvalue weighted by Gasteiger charge is 2.17. The molecule has 0 spiro atoms. The van der Waals surface area contributed by atoms with Gasteiger partial charge in [-0.3, -0.25) is 30.6 Å². The summed E-state index contributed by atoms with van der Waals surface area (Å²) >= 11 is 0.988. The molecule has 0 fully saturated rings. The number of nitro benzene ring substituents is 1. The maximum absolute atomic E-state index is 12.0. The number of fused-ring (bicyclic) bond motifs is 1. The molecule has 3 aromatic rings. The van der Waals surface area contributed by atoms with Gasteiger partial charge < -0.3 is 13.9 Å². The number of nitrogens with one attached hydrogen (secondary N) is 2. The molecule has 31 heavy (non-hydrogen) atoms. The number of hydrazine groups is 1. The van der Waals surface area contributed by atoms with Crippen molar-refractivity contribution in [3.05, 3.63) is 58.1 Å². The van der Waals surface area contributed by atoms with E-state index in [2.05, 4.69) is 21.0 Å².